The van der Waals surface area contributed by atoms with Crippen molar-refractivity contribution in [2.24, 2.45) is 0 Å². The molecule has 1 aromatic carbocycles. The molecular formula is C17H15ClN2O2. The zero-order valence-corrected chi connectivity index (χ0v) is 13.3. The molecule has 0 atom stereocenters. The normalized spacial score (nSPS) is 10.9. The summed E-state index contributed by atoms with van der Waals surface area (Å²) in [5.74, 6) is 0.0268. The molecule has 0 spiro atoms. The van der Waals surface area contributed by atoms with E-state index in [1.165, 1.54) is 6.20 Å². The molecular weight excluding hydrogens is 300 g/mol. The molecule has 2 aromatic heterocycles. The highest BCUT2D eigenvalue weighted by Gasteiger charge is 2.20. The first-order valence-corrected chi connectivity index (χ1v) is 7.27. The second-order valence-electron chi connectivity index (χ2n) is 5.28. The van der Waals surface area contributed by atoms with E-state index in [2.05, 4.69) is 10.3 Å². The lowest BCUT2D eigenvalue weighted by atomic mass is 10.0. The highest BCUT2D eigenvalue weighted by Crippen LogP contribution is 2.31. The zero-order valence-electron chi connectivity index (χ0n) is 12.5. The number of aromatic nitrogens is 1. The van der Waals surface area contributed by atoms with Crippen molar-refractivity contribution in [2.75, 3.05) is 5.32 Å². The number of carbonyl (C=O) groups excluding carboxylic acids is 1. The molecule has 1 N–H and O–H groups in total. The number of nitrogens with zero attached hydrogens (tertiary/aromatic N) is 1. The molecule has 0 saturated heterocycles. The smallest absolute Gasteiger partial charge is 0.291 e. The number of amides is 1. The molecule has 4 nitrogen and oxygen atoms in total. The average molecular weight is 315 g/mol. The molecule has 0 bridgehead atoms. The Bertz CT molecular complexity index is 866. The van der Waals surface area contributed by atoms with Gasteiger partial charge in [0.1, 0.15) is 10.7 Å². The molecule has 0 aliphatic heterocycles. The van der Waals surface area contributed by atoms with E-state index < -0.39 is 0 Å². The van der Waals surface area contributed by atoms with Crippen LogP contribution in [-0.2, 0) is 0 Å². The van der Waals surface area contributed by atoms with Crippen molar-refractivity contribution in [1.82, 2.24) is 4.98 Å². The van der Waals surface area contributed by atoms with Crippen LogP contribution in [0.25, 0.3) is 11.0 Å². The summed E-state index contributed by atoms with van der Waals surface area (Å²) in [5.41, 5.74) is 4.28. The van der Waals surface area contributed by atoms with Gasteiger partial charge in [0.25, 0.3) is 5.91 Å². The molecule has 3 aromatic rings. The fourth-order valence-corrected chi connectivity index (χ4v) is 2.64. The molecule has 3 rings (SSSR count). The first-order chi connectivity index (χ1) is 10.5. The van der Waals surface area contributed by atoms with Gasteiger partial charge in [0, 0.05) is 10.9 Å². The molecule has 0 unspecified atom stereocenters. The van der Waals surface area contributed by atoms with Gasteiger partial charge in [-0.3, -0.25) is 4.79 Å². The van der Waals surface area contributed by atoms with E-state index in [1.807, 2.05) is 32.9 Å². The number of fused-ring (bicyclic) bond motifs is 1. The third-order valence-corrected chi connectivity index (χ3v) is 3.90. The van der Waals surface area contributed by atoms with E-state index in [0.29, 0.717) is 16.6 Å². The largest absolute Gasteiger partial charge is 0.450 e. The lowest BCUT2D eigenvalue weighted by molar-refractivity contribution is 0.0998. The highest BCUT2D eigenvalue weighted by atomic mass is 35.5. The Morgan fingerprint density at radius 2 is 1.86 bits per heavy atom. The van der Waals surface area contributed by atoms with Gasteiger partial charge < -0.3 is 9.73 Å². The second kappa shape index (κ2) is 5.46. The van der Waals surface area contributed by atoms with Gasteiger partial charge in [0.15, 0.2) is 5.76 Å². The molecule has 0 aliphatic rings. The van der Waals surface area contributed by atoms with Gasteiger partial charge in [-0.25, -0.2) is 4.98 Å². The number of hydrogen-bond donors (Lipinski definition) is 1. The number of rotatable bonds is 2. The standard InChI is InChI=1S/C17H15ClN2O2/c1-9-4-5-10(2)15-14(9)11(3)16(22-15)17(21)20-12-6-7-13(18)19-8-12/h4-8H,1-3H3,(H,20,21). The highest BCUT2D eigenvalue weighted by molar-refractivity contribution is 6.29. The third-order valence-electron chi connectivity index (χ3n) is 3.67. The maximum Gasteiger partial charge on any atom is 0.291 e. The molecule has 5 heteroatoms. The number of benzene rings is 1. The maximum atomic E-state index is 12.4. The van der Waals surface area contributed by atoms with Crippen molar-refractivity contribution in [2.45, 2.75) is 20.8 Å². The lowest BCUT2D eigenvalue weighted by Crippen LogP contribution is -2.12. The van der Waals surface area contributed by atoms with Crippen molar-refractivity contribution >= 4 is 34.2 Å². The van der Waals surface area contributed by atoms with E-state index in [4.69, 9.17) is 16.0 Å². The van der Waals surface area contributed by atoms with Crippen LogP contribution in [0.5, 0.6) is 0 Å². The molecule has 0 aliphatic carbocycles. The van der Waals surface area contributed by atoms with Crippen LogP contribution >= 0.6 is 11.6 Å². The number of nitrogens with one attached hydrogen (secondary N) is 1. The minimum atomic E-state index is -0.295. The Balaban J connectivity index is 2.01. The Morgan fingerprint density at radius 3 is 2.50 bits per heavy atom. The Labute approximate surface area is 133 Å². The van der Waals surface area contributed by atoms with Crippen LogP contribution in [0.3, 0.4) is 0 Å². The lowest BCUT2D eigenvalue weighted by Gasteiger charge is -2.03. The van der Waals surface area contributed by atoms with E-state index in [9.17, 15) is 4.79 Å². The summed E-state index contributed by atoms with van der Waals surface area (Å²) in [6.45, 7) is 5.87. The van der Waals surface area contributed by atoms with Crippen molar-refractivity contribution in [3.63, 3.8) is 0 Å². The fraction of sp³-hybridized carbons (Fsp3) is 0.176. The first-order valence-electron chi connectivity index (χ1n) is 6.89. The van der Waals surface area contributed by atoms with E-state index >= 15 is 0 Å². The van der Waals surface area contributed by atoms with Crippen LogP contribution in [0.15, 0.2) is 34.9 Å². The van der Waals surface area contributed by atoms with Crippen LogP contribution in [0.4, 0.5) is 5.69 Å². The van der Waals surface area contributed by atoms with Gasteiger partial charge in [0.05, 0.1) is 11.9 Å². The molecule has 1 amide bonds. The Morgan fingerprint density at radius 1 is 1.14 bits per heavy atom. The van der Waals surface area contributed by atoms with Crippen molar-refractivity contribution < 1.29 is 9.21 Å². The van der Waals surface area contributed by atoms with Crippen molar-refractivity contribution in [1.29, 1.82) is 0 Å². The van der Waals surface area contributed by atoms with Gasteiger partial charge in [-0.2, -0.15) is 0 Å². The molecule has 112 valence electrons. The van der Waals surface area contributed by atoms with E-state index in [-0.39, 0.29) is 5.91 Å². The maximum absolute atomic E-state index is 12.4. The van der Waals surface area contributed by atoms with E-state index in [0.717, 1.165) is 27.7 Å². The summed E-state index contributed by atoms with van der Waals surface area (Å²) in [4.78, 5) is 16.4. The van der Waals surface area contributed by atoms with Crippen LogP contribution in [-0.4, -0.2) is 10.9 Å². The van der Waals surface area contributed by atoms with Crippen LogP contribution in [0.1, 0.15) is 27.2 Å². The second-order valence-corrected chi connectivity index (χ2v) is 5.67. The summed E-state index contributed by atoms with van der Waals surface area (Å²) in [6.07, 6.45) is 1.51. The summed E-state index contributed by atoms with van der Waals surface area (Å²) < 4.78 is 5.81. The number of anilines is 1. The minimum absolute atomic E-state index is 0.295. The summed E-state index contributed by atoms with van der Waals surface area (Å²) >= 11 is 5.74. The predicted octanol–water partition coefficient (Wildman–Crippen LogP) is 4.66. The Kier molecular flexibility index (Phi) is 3.62. The topological polar surface area (TPSA) is 55.1 Å². The average Bonchev–Trinajstić information content (AvgIpc) is 2.84. The number of halogens is 1. The molecule has 0 saturated carbocycles. The number of carbonyl (C=O) groups is 1. The number of pyridine rings is 1. The fourth-order valence-electron chi connectivity index (χ4n) is 2.53. The first kappa shape index (κ1) is 14.6. The molecule has 22 heavy (non-hydrogen) atoms. The quantitative estimate of drug-likeness (QED) is 0.700. The number of aryl methyl sites for hydroxylation is 3. The number of furan rings is 1. The van der Waals surface area contributed by atoms with E-state index in [1.54, 1.807) is 12.1 Å². The monoisotopic (exact) mass is 314 g/mol. The minimum Gasteiger partial charge on any atom is -0.450 e. The summed E-state index contributed by atoms with van der Waals surface area (Å²) in [7, 11) is 0. The third kappa shape index (κ3) is 2.46. The Hall–Kier alpha value is -2.33. The summed E-state index contributed by atoms with van der Waals surface area (Å²) in [6, 6.07) is 7.34. The molecule has 0 fully saturated rings. The van der Waals surface area contributed by atoms with Crippen LogP contribution in [0, 0.1) is 20.8 Å². The SMILES string of the molecule is Cc1ccc(C)c2c(C)c(C(=O)Nc3ccc(Cl)nc3)oc12. The van der Waals surface area contributed by atoms with Crippen molar-refractivity contribution in [3.05, 3.63) is 58.1 Å². The van der Waals surface area contributed by atoms with Gasteiger partial charge >= 0.3 is 0 Å². The molecule has 2 heterocycles. The molecule has 0 radical (unpaired) electrons. The van der Waals surface area contributed by atoms with Crippen LogP contribution in [0.2, 0.25) is 5.15 Å². The van der Waals surface area contributed by atoms with Crippen LogP contribution < -0.4 is 5.32 Å². The van der Waals surface area contributed by atoms with Gasteiger partial charge in [-0.1, -0.05) is 23.7 Å². The predicted molar refractivity (Wildman–Crippen MR) is 87.6 cm³/mol. The summed E-state index contributed by atoms with van der Waals surface area (Å²) in [5, 5.41) is 4.15. The number of hydrogen-bond acceptors (Lipinski definition) is 3. The van der Waals surface area contributed by atoms with Gasteiger partial charge in [0.2, 0.25) is 0 Å². The van der Waals surface area contributed by atoms with Gasteiger partial charge in [-0.05, 0) is 44.0 Å². The van der Waals surface area contributed by atoms with Crippen molar-refractivity contribution in [3.8, 4) is 0 Å². The van der Waals surface area contributed by atoms with Gasteiger partial charge in [-0.15, -0.1) is 0 Å². The zero-order chi connectivity index (χ0) is 15.9.